The number of nitrogens with one attached hydrogen (secondary N) is 3. The highest BCUT2D eigenvalue weighted by Gasteiger charge is 2.10. The third-order valence-corrected chi connectivity index (χ3v) is 4.76. The summed E-state index contributed by atoms with van der Waals surface area (Å²) < 4.78 is 16.1. The number of benzene rings is 3. The van der Waals surface area contributed by atoms with E-state index in [1.807, 2.05) is 30.3 Å². The highest BCUT2D eigenvalue weighted by Crippen LogP contribution is 2.14. The molecule has 3 aromatic carbocycles. The predicted octanol–water partition coefficient (Wildman–Crippen LogP) is 3.24. The minimum absolute atomic E-state index is 0.0402. The Labute approximate surface area is 203 Å². The molecule has 0 aromatic heterocycles. The summed E-state index contributed by atoms with van der Waals surface area (Å²) >= 11 is 5.08. The number of thiocarbonyl (C=S) groups is 1. The Morgan fingerprint density at radius 1 is 0.735 bits per heavy atom. The first kappa shape index (κ1) is 24.7. The smallest absolute Gasteiger partial charge is 0.269 e. The van der Waals surface area contributed by atoms with E-state index in [2.05, 4.69) is 16.2 Å². The fourth-order valence-electron chi connectivity index (χ4n) is 2.78. The quantitative estimate of drug-likeness (QED) is 0.246. The molecule has 2 amide bonds. The summed E-state index contributed by atoms with van der Waals surface area (Å²) in [6.45, 7) is 1.32. The number of carbonyl (C=O) groups is 2. The number of rotatable bonds is 9. The van der Waals surface area contributed by atoms with E-state index in [4.69, 9.17) is 26.4 Å². The van der Waals surface area contributed by atoms with Crippen LogP contribution < -0.4 is 25.6 Å². The maximum Gasteiger partial charge on any atom is 0.269 e. The first-order valence-corrected chi connectivity index (χ1v) is 10.9. The molecule has 0 fully saturated rings. The van der Waals surface area contributed by atoms with Crippen molar-refractivity contribution in [2.45, 2.75) is 6.61 Å². The highest BCUT2D eigenvalue weighted by atomic mass is 32.1. The number of hydrogen-bond donors (Lipinski definition) is 3. The van der Waals surface area contributed by atoms with Crippen molar-refractivity contribution < 1.29 is 23.8 Å². The Kier molecular flexibility index (Phi) is 9.39. The first-order chi connectivity index (χ1) is 16.5. The van der Waals surface area contributed by atoms with Crippen molar-refractivity contribution in [3.63, 3.8) is 0 Å². The van der Waals surface area contributed by atoms with Gasteiger partial charge in [-0.15, -0.1) is 0 Å². The maximum atomic E-state index is 12.3. The van der Waals surface area contributed by atoms with Gasteiger partial charge in [-0.05, 0) is 66.3 Å². The van der Waals surface area contributed by atoms with Crippen LogP contribution in [0.25, 0.3) is 0 Å². The van der Waals surface area contributed by atoms with Crippen LogP contribution >= 0.6 is 12.2 Å². The lowest BCUT2D eigenvalue weighted by molar-refractivity contribution is 0.0934. The average Bonchev–Trinajstić information content (AvgIpc) is 2.87. The van der Waals surface area contributed by atoms with E-state index < -0.39 is 11.8 Å². The van der Waals surface area contributed by atoms with E-state index in [1.165, 1.54) is 0 Å². The Balaban J connectivity index is 1.41. The zero-order chi connectivity index (χ0) is 24.2. The molecular formula is C25H25N3O5S. The third kappa shape index (κ3) is 7.88. The van der Waals surface area contributed by atoms with Crippen LogP contribution in [-0.4, -0.2) is 37.3 Å². The fraction of sp³-hybridized carbons (Fsp3) is 0.160. The fourth-order valence-corrected chi connectivity index (χ4v) is 2.92. The molecule has 3 N–H and O–H groups in total. The molecule has 0 saturated carbocycles. The van der Waals surface area contributed by atoms with Crippen LogP contribution in [0.4, 0.5) is 0 Å². The number of hydrogen-bond acceptors (Lipinski definition) is 6. The number of carbonyl (C=O) groups excluding carboxylic acids is 2. The van der Waals surface area contributed by atoms with E-state index in [0.29, 0.717) is 42.4 Å². The molecule has 3 aromatic rings. The van der Waals surface area contributed by atoms with E-state index in [-0.39, 0.29) is 5.11 Å². The van der Waals surface area contributed by atoms with Gasteiger partial charge in [0.2, 0.25) is 0 Å². The molecule has 0 spiro atoms. The van der Waals surface area contributed by atoms with Gasteiger partial charge in [0, 0.05) is 18.2 Å². The van der Waals surface area contributed by atoms with Crippen LogP contribution in [0.1, 0.15) is 26.3 Å². The van der Waals surface area contributed by atoms with Crippen LogP contribution in [0.2, 0.25) is 0 Å². The molecule has 0 saturated heterocycles. The first-order valence-electron chi connectivity index (χ1n) is 10.5. The summed E-state index contributed by atoms with van der Waals surface area (Å²) in [4.78, 5) is 24.6. The van der Waals surface area contributed by atoms with Gasteiger partial charge in [-0.3, -0.25) is 25.8 Å². The van der Waals surface area contributed by atoms with Gasteiger partial charge >= 0.3 is 0 Å². The molecule has 0 radical (unpaired) electrons. The summed E-state index contributed by atoms with van der Waals surface area (Å²) in [5.41, 5.74) is 6.81. The van der Waals surface area contributed by atoms with Crippen molar-refractivity contribution >= 4 is 29.1 Å². The minimum Gasteiger partial charge on any atom is -0.491 e. The van der Waals surface area contributed by atoms with Crippen molar-refractivity contribution in [1.29, 1.82) is 0 Å². The summed E-state index contributed by atoms with van der Waals surface area (Å²) in [7, 11) is 1.59. The third-order valence-electron chi connectivity index (χ3n) is 4.55. The van der Waals surface area contributed by atoms with Gasteiger partial charge in [-0.25, -0.2) is 0 Å². The summed E-state index contributed by atoms with van der Waals surface area (Å²) in [6, 6.07) is 23.1. The molecule has 3 rings (SSSR count). The van der Waals surface area contributed by atoms with Crippen LogP contribution in [-0.2, 0) is 11.3 Å². The molecule has 0 unspecified atom stereocenters. The van der Waals surface area contributed by atoms with Crippen LogP contribution in [0.15, 0.2) is 78.9 Å². The minimum atomic E-state index is -0.421. The molecule has 0 atom stereocenters. The number of ether oxygens (including phenoxy) is 3. The second kappa shape index (κ2) is 12.9. The summed E-state index contributed by atoms with van der Waals surface area (Å²) in [6.07, 6.45) is 0. The average molecular weight is 480 g/mol. The number of methoxy groups -OCH3 is 1. The van der Waals surface area contributed by atoms with Crippen molar-refractivity contribution in [2.24, 2.45) is 0 Å². The van der Waals surface area contributed by atoms with Gasteiger partial charge in [0.25, 0.3) is 11.8 Å². The van der Waals surface area contributed by atoms with Crippen LogP contribution in [0.5, 0.6) is 11.5 Å². The summed E-state index contributed by atoms with van der Waals surface area (Å²) in [5, 5.41) is 2.46. The second-order valence-corrected chi connectivity index (χ2v) is 7.43. The Hall–Kier alpha value is -3.95. The molecular weight excluding hydrogens is 454 g/mol. The van der Waals surface area contributed by atoms with Crippen molar-refractivity contribution in [1.82, 2.24) is 16.2 Å². The molecule has 0 aliphatic rings. The van der Waals surface area contributed by atoms with E-state index in [0.717, 1.165) is 5.56 Å². The maximum absolute atomic E-state index is 12.3. The molecule has 0 heterocycles. The molecule has 176 valence electrons. The van der Waals surface area contributed by atoms with Gasteiger partial charge in [0.05, 0.1) is 6.61 Å². The van der Waals surface area contributed by atoms with Gasteiger partial charge in [0.1, 0.15) is 24.7 Å². The standard InChI is InChI=1S/C25H25N3O5S/c1-31-15-16-32-21-11-7-19(8-12-21)23(29)26-25(34)28-27-24(30)20-9-13-22(14-10-20)33-17-18-5-3-2-4-6-18/h2-14H,15-17H2,1H3,(H,27,30)(H2,26,28,29,34). The zero-order valence-corrected chi connectivity index (χ0v) is 19.4. The molecule has 0 aliphatic heterocycles. The predicted molar refractivity (Wildman–Crippen MR) is 132 cm³/mol. The van der Waals surface area contributed by atoms with Gasteiger partial charge < -0.3 is 14.2 Å². The lowest BCUT2D eigenvalue weighted by Crippen LogP contribution is -2.48. The second-order valence-electron chi connectivity index (χ2n) is 7.03. The normalized spacial score (nSPS) is 10.1. The van der Waals surface area contributed by atoms with Crippen LogP contribution in [0, 0.1) is 0 Å². The Morgan fingerprint density at radius 3 is 1.94 bits per heavy atom. The molecule has 0 aliphatic carbocycles. The Morgan fingerprint density at radius 2 is 1.32 bits per heavy atom. The molecule has 9 heteroatoms. The Bertz CT molecular complexity index is 1090. The zero-order valence-electron chi connectivity index (χ0n) is 18.6. The monoisotopic (exact) mass is 479 g/mol. The van der Waals surface area contributed by atoms with Crippen LogP contribution in [0.3, 0.4) is 0 Å². The van der Waals surface area contributed by atoms with Crippen molar-refractivity contribution in [3.8, 4) is 11.5 Å². The molecule has 8 nitrogen and oxygen atoms in total. The largest absolute Gasteiger partial charge is 0.491 e. The van der Waals surface area contributed by atoms with Gasteiger partial charge in [0.15, 0.2) is 5.11 Å². The van der Waals surface area contributed by atoms with Gasteiger partial charge in [-0.1, -0.05) is 30.3 Å². The number of hydrazine groups is 1. The SMILES string of the molecule is COCCOc1ccc(C(=O)NC(=S)NNC(=O)c2ccc(OCc3ccccc3)cc2)cc1. The topological polar surface area (TPSA) is 97.9 Å². The van der Waals surface area contributed by atoms with E-state index in [9.17, 15) is 9.59 Å². The van der Waals surface area contributed by atoms with Crippen molar-refractivity contribution in [2.75, 3.05) is 20.3 Å². The van der Waals surface area contributed by atoms with Gasteiger partial charge in [-0.2, -0.15) is 0 Å². The lowest BCUT2D eigenvalue weighted by Gasteiger charge is -2.12. The molecule has 34 heavy (non-hydrogen) atoms. The van der Waals surface area contributed by atoms with Crippen molar-refractivity contribution in [3.05, 3.63) is 95.6 Å². The summed E-state index contributed by atoms with van der Waals surface area (Å²) in [5.74, 6) is 0.434. The van der Waals surface area contributed by atoms with E-state index in [1.54, 1.807) is 55.6 Å². The highest BCUT2D eigenvalue weighted by molar-refractivity contribution is 7.80. The number of amides is 2. The lowest BCUT2D eigenvalue weighted by atomic mass is 10.2. The van der Waals surface area contributed by atoms with E-state index >= 15 is 0 Å². The molecule has 0 bridgehead atoms.